The summed E-state index contributed by atoms with van der Waals surface area (Å²) in [5.41, 5.74) is 4.66. The number of rotatable bonds is 9. The number of hydrogen-bond acceptors (Lipinski definition) is 2. The minimum atomic E-state index is 0.141. The molecule has 0 aliphatic heterocycles. The van der Waals surface area contributed by atoms with Gasteiger partial charge in [0.05, 0.1) is 0 Å². The molecule has 1 aliphatic rings. The lowest BCUT2D eigenvalue weighted by atomic mass is 9.83. The van der Waals surface area contributed by atoms with Gasteiger partial charge in [-0.15, -0.1) is 6.58 Å². The second-order valence-corrected chi connectivity index (χ2v) is 6.45. The summed E-state index contributed by atoms with van der Waals surface area (Å²) in [4.78, 5) is 6.14. The Morgan fingerprint density at radius 3 is 2.59 bits per heavy atom. The third-order valence-corrected chi connectivity index (χ3v) is 4.72. The van der Waals surface area contributed by atoms with Crippen LogP contribution in [0.3, 0.4) is 0 Å². The molecule has 1 fully saturated rings. The molecule has 2 nitrogen and oxygen atoms in total. The molecule has 1 aromatic carbocycles. The molecule has 0 aromatic heterocycles. The van der Waals surface area contributed by atoms with Crippen LogP contribution < -0.4 is 5.48 Å². The Labute approximate surface area is 135 Å². The fraction of sp³-hybridized carbons (Fsp3) is 0.600. The largest absolute Gasteiger partial charge is 0.293 e. The van der Waals surface area contributed by atoms with E-state index in [9.17, 15) is 0 Å². The highest BCUT2D eigenvalue weighted by Crippen LogP contribution is 2.29. The van der Waals surface area contributed by atoms with E-state index in [0.717, 1.165) is 25.2 Å². The summed E-state index contributed by atoms with van der Waals surface area (Å²) >= 11 is 0. The number of hydrogen-bond donors (Lipinski definition) is 1. The Morgan fingerprint density at radius 2 is 1.95 bits per heavy atom. The van der Waals surface area contributed by atoms with Crippen molar-refractivity contribution < 1.29 is 4.84 Å². The van der Waals surface area contributed by atoms with Gasteiger partial charge in [-0.3, -0.25) is 4.84 Å². The first kappa shape index (κ1) is 17.2. The Balaban J connectivity index is 1.94. The van der Waals surface area contributed by atoms with E-state index in [2.05, 4.69) is 49.3 Å². The fourth-order valence-electron chi connectivity index (χ4n) is 3.45. The lowest BCUT2D eigenvalue weighted by molar-refractivity contribution is -0.0622. The second kappa shape index (κ2) is 9.81. The van der Waals surface area contributed by atoms with E-state index in [-0.39, 0.29) is 6.10 Å². The molecule has 0 radical (unpaired) electrons. The third kappa shape index (κ3) is 5.26. The van der Waals surface area contributed by atoms with E-state index in [4.69, 9.17) is 4.84 Å². The van der Waals surface area contributed by atoms with Gasteiger partial charge in [0.15, 0.2) is 0 Å². The zero-order chi connectivity index (χ0) is 15.6. The molecule has 122 valence electrons. The van der Waals surface area contributed by atoms with Crippen LogP contribution in [0.25, 0.3) is 0 Å². The van der Waals surface area contributed by atoms with Crippen molar-refractivity contribution in [1.82, 2.24) is 5.48 Å². The molecule has 0 bridgehead atoms. The number of nitrogens with one attached hydrogen (secondary N) is 1. The maximum atomic E-state index is 6.14. The van der Waals surface area contributed by atoms with Gasteiger partial charge in [-0.25, -0.2) is 0 Å². The first-order valence-electron chi connectivity index (χ1n) is 8.92. The quantitative estimate of drug-likeness (QED) is 0.475. The van der Waals surface area contributed by atoms with Crippen LogP contribution >= 0.6 is 0 Å². The normalized spacial score (nSPS) is 18.8. The molecule has 2 rings (SSSR count). The highest BCUT2D eigenvalue weighted by atomic mass is 16.7. The molecule has 22 heavy (non-hydrogen) atoms. The van der Waals surface area contributed by atoms with Crippen molar-refractivity contribution in [3.63, 3.8) is 0 Å². The number of benzene rings is 1. The van der Waals surface area contributed by atoms with Crippen LogP contribution in [0.4, 0.5) is 0 Å². The lowest BCUT2D eigenvalue weighted by Gasteiger charge is -2.31. The topological polar surface area (TPSA) is 21.3 Å². The van der Waals surface area contributed by atoms with Gasteiger partial charge in [-0.05, 0) is 37.2 Å². The van der Waals surface area contributed by atoms with E-state index in [1.165, 1.54) is 37.7 Å². The second-order valence-electron chi connectivity index (χ2n) is 6.45. The van der Waals surface area contributed by atoms with E-state index in [1.807, 2.05) is 6.08 Å². The van der Waals surface area contributed by atoms with E-state index >= 15 is 0 Å². The average Bonchev–Trinajstić information content (AvgIpc) is 2.59. The van der Waals surface area contributed by atoms with Crippen molar-refractivity contribution in [3.05, 3.63) is 48.6 Å². The molecule has 1 N–H and O–H groups in total. The molecule has 0 unspecified atom stereocenters. The summed E-state index contributed by atoms with van der Waals surface area (Å²) in [5.74, 6) is 0.727. The summed E-state index contributed by atoms with van der Waals surface area (Å²) in [6, 6.07) is 11.0. The van der Waals surface area contributed by atoms with E-state index in [1.54, 1.807) is 0 Å². The highest BCUT2D eigenvalue weighted by molar-refractivity contribution is 5.17. The van der Waals surface area contributed by atoms with Gasteiger partial charge in [0.2, 0.25) is 0 Å². The maximum Gasteiger partial charge on any atom is 0.104 e. The van der Waals surface area contributed by atoms with Crippen LogP contribution in [0.2, 0.25) is 0 Å². The maximum absolute atomic E-state index is 6.14. The molecule has 2 heteroatoms. The van der Waals surface area contributed by atoms with Gasteiger partial charge < -0.3 is 0 Å². The van der Waals surface area contributed by atoms with Gasteiger partial charge in [0.1, 0.15) is 6.10 Å². The molecule has 1 saturated carbocycles. The fourth-order valence-corrected chi connectivity index (χ4v) is 3.45. The van der Waals surface area contributed by atoms with Gasteiger partial charge >= 0.3 is 0 Å². The Morgan fingerprint density at radius 1 is 1.23 bits per heavy atom. The lowest BCUT2D eigenvalue weighted by Crippen LogP contribution is -2.37. The number of hydroxylamine groups is 1. The first-order valence-corrected chi connectivity index (χ1v) is 8.92. The van der Waals surface area contributed by atoms with Crippen LogP contribution in [-0.2, 0) is 4.84 Å². The monoisotopic (exact) mass is 301 g/mol. The van der Waals surface area contributed by atoms with Crippen molar-refractivity contribution in [1.29, 1.82) is 0 Å². The van der Waals surface area contributed by atoms with Crippen LogP contribution in [0, 0.1) is 5.92 Å². The van der Waals surface area contributed by atoms with Gasteiger partial charge in [-0.1, -0.05) is 69.0 Å². The summed E-state index contributed by atoms with van der Waals surface area (Å²) in [5, 5.41) is 0. The van der Waals surface area contributed by atoms with E-state index in [0.29, 0.717) is 6.04 Å². The van der Waals surface area contributed by atoms with Gasteiger partial charge in [-0.2, -0.15) is 5.48 Å². The Kier molecular flexibility index (Phi) is 7.68. The zero-order valence-electron chi connectivity index (χ0n) is 14.0. The van der Waals surface area contributed by atoms with Crippen LogP contribution in [0.5, 0.6) is 0 Å². The van der Waals surface area contributed by atoms with Gasteiger partial charge in [0.25, 0.3) is 0 Å². The molecule has 2 atom stereocenters. The van der Waals surface area contributed by atoms with Crippen molar-refractivity contribution in [2.75, 3.05) is 0 Å². The van der Waals surface area contributed by atoms with Crippen molar-refractivity contribution in [3.8, 4) is 0 Å². The van der Waals surface area contributed by atoms with Crippen molar-refractivity contribution in [2.24, 2.45) is 5.92 Å². The van der Waals surface area contributed by atoms with Crippen molar-refractivity contribution >= 4 is 0 Å². The predicted octanol–water partition coefficient (Wildman–Crippen LogP) is 5.57. The van der Waals surface area contributed by atoms with Crippen LogP contribution in [0.1, 0.15) is 70.0 Å². The molecule has 0 saturated heterocycles. The zero-order valence-corrected chi connectivity index (χ0v) is 14.0. The summed E-state index contributed by atoms with van der Waals surface area (Å²) in [7, 11) is 0. The molecule has 1 aromatic rings. The molecular weight excluding hydrogens is 270 g/mol. The molecule has 0 spiro atoms. The standard InChI is InChI=1S/C20H31NO/c1-3-11-19(17-13-7-5-8-14-17)21-22-20(12-4-2)18-15-9-6-10-16-18/h3,6,9-10,15-17,19-21H,1,4-5,7-8,11-14H2,2H3/t19-,20-/m0/s1. The third-order valence-electron chi connectivity index (χ3n) is 4.72. The van der Waals surface area contributed by atoms with Crippen molar-refractivity contribution in [2.45, 2.75) is 70.4 Å². The molecule has 1 aliphatic carbocycles. The molecule has 0 heterocycles. The molecule has 0 amide bonds. The first-order chi connectivity index (χ1) is 10.8. The minimum absolute atomic E-state index is 0.141. The highest BCUT2D eigenvalue weighted by Gasteiger charge is 2.24. The summed E-state index contributed by atoms with van der Waals surface area (Å²) in [6.07, 6.45) is 12.1. The Bertz CT molecular complexity index is 411. The van der Waals surface area contributed by atoms with Gasteiger partial charge in [0, 0.05) is 6.04 Å². The van der Waals surface area contributed by atoms with E-state index < -0.39 is 0 Å². The Hall–Kier alpha value is -1.12. The van der Waals surface area contributed by atoms with Crippen LogP contribution in [0.15, 0.2) is 43.0 Å². The average molecular weight is 301 g/mol. The van der Waals surface area contributed by atoms with Crippen LogP contribution in [-0.4, -0.2) is 6.04 Å². The molecular formula is C20H31NO. The SMILES string of the molecule is C=CC[C@H](NO[C@@H](CCC)c1ccccc1)C1CCCCC1. The summed E-state index contributed by atoms with van der Waals surface area (Å²) in [6.45, 7) is 6.13. The minimum Gasteiger partial charge on any atom is -0.293 e. The predicted molar refractivity (Wildman–Crippen MR) is 93.5 cm³/mol. The summed E-state index contributed by atoms with van der Waals surface area (Å²) < 4.78 is 0. The smallest absolute Gasteiger partial charge is 0.104 e.